The van der Waals surface area contributed by atoms with E-state index in [1.165, 1.54) is 0 Å². The van der Waals surface area contributed by atoms with E-state index >= 15 is 0 Å². The molecule has 0 aromatic rings. The number of nitrogens with zero attached hydrogens (tertiary/aromatic N) is 1. The van der Waals surface area contributed by atoms with Crippen LogP contribution in [0.4, 0.5) is 0 Å². The van der Waals surface area contributed by atoms with Gasteiger partial charge in [0, 0.05) is 44.1 Å². The summed E-state index contributed by atoms with van der Waals surface area (Å²) in [7, 11) is 0. The molecule has 2 amide bonds. The zero-order valence-electron chi connectivity index (χ0n) is 10.6. The molecular formula is C12H21N3O2S. The highest BCUT2D eigenvalue weighted by Gasteiger charge is 2.21. The molecule has 2 fully saturated rings. The molecule has 0 aliphatic carbocycles. The maximum absolute atomic E-state index is 11.8. The van der Waals surface area contributed by atoms with Crippen molar-refractivity contribution in [3.8, 4) is 0 Å². The first-order valence-electron chi connectivity index (χ1n) is 6.64. The lowest BCUT2D eigenvalue weighted by molar-refractivity contribution is -0.130. The third-order valence-electron chi connectivity index (χ3n) is 3.34. The highest BCUT2D eigenvalue weighted by Crippen LogP contribution is 2.09. The second kappa shape index (κ2) is 6.99. The standard InChI is InChI=1S/C12H21N3O2S/c16-11(15-6-1-2-7-15)3-4-14-12(17)10-9-18-8-5-13-10/h10,13H,1-9H2,(H,14,17). The fourth-order valence-electron chi connectivity index (χ4n) is 2.27. The first-order valence-corrected chi connectivity index (χ1v) is 7.79. The van der Waals surface area contributed by atoms with Gasteiger partial charge in [0.25, 0.3) is 0 Å². The number of rotatable bonds is 4. The van der Waals surface area contributed by atoms with Crippen LogP contribution in [0, 0.1) is 0 Å². The van der Waals surface area contributed by atoms with Crippen LogP contribution >= 0.6 is 11.8 Å². The summed E-state index contributed by atoms with van der Waals surface area (Å²) < 4.78 is 0. The monoisotopic (exact) mass is 271 g/mol. The molecule has 2 heterocycles. The summed E-state index contributed by atoms with van der Waals surface area (Å²) in [5.74, 6) is 2.08. The van der Waals surface area contributed by atoms with Crippen molar-refractivity contribution in [1.82, 2.24) is 15.5 Å². The van der Waals surface area contributed by atoms with Gasteiger partial charge in [-0.1, -0.05) is 0 Å². The lowest BCUT2D eigenvalue weighted by Gasteiger charge is -2.22. The van der Waals surface area contributed by atoms with Gasteiger partial charge in [-0.05, 0) is 12.8 Å². The lowest BCUT2D eigenvalue weighted by Crippen LogP contribution is -2.49. The van der Waals surface area contributed by atoms with Crippen LogP contribution in [0.1, 0.15) is 19.3 Å². The molecular weight excluding hydrogens is 250 g/mol. The Morgan fingerprint density at radius 3 is 2.78 bits per heavy atom. The average molecular weight is 271 g/mol. The van der Waals surface area contributed by atoms with Crippen LogP contribution in [0.15, 0.2) is 0 Å². The molecule has 2 saturated heterocycles. The van der Waals surface area contributed by atoms with Crippen LogP contribution in [0.3, 0.4) is 0 Å². The average Bonchev–Trinajstić information content (AvgIpc) is 2.93. The number of carbonyl (C=O) groups is 2. The van der Waals surface area contributed by atoms with Gasteiger partial charge in [-0.25, -0.2) is 0 Å². The molecule has 6 heteroatoms. The first-order chi connectivity index (χ1) is 8.77. The van der Waals surface area contributed by atoms with E-state index in [1.54, 1.807) is 11.8 Å². The van der Waals surface area contributed by atoms with Crippen LogP contribution in [0.5, 0.6) is 0 Å². The van der Waals surface area contributed by atoms with Gasteiger partial charge in [-0.2, -0.15) is 11.8 Å². The molecule has 18 heavy (non-hydrogen) atoms. The van der Waals surface area contributed by atoms with Gasteiger partial charge in [0.05, 0.1) is 6.04 Å². The molecule has 0 spiro atoms. The molecule has 1 atom stereocenters. The summed E-state index contributed by atoms with van der Waals surface area (Å²) in [6, 6.07) is -0.0920. The van der Waals surface area contributed by atoms with Crippen molar-refractivity contribution in [3.05, 3.63) is 0 Å². The fraction of sp³-hybridized carbons (Fsp3) is 0.833. The number of hydrogen-bond acceptors (Lipinski definition) is 4. The van der Waals surface area contributed by atoms with E-state index in [0.717, 1.165) is 44.0 Å². The summed E-state index contributed by atoms with van der Waals surface area (Å²) in [5.41, 5.74) is 0. The molecule has 0 saturated carbocycles. The summed E-state index contributed by atoms with van der Waals surface area (Å²) >= 11 is 1.79. The van der Waals surface area contributed by atoms with Crippen LogP contribution in [0.25, 0.3) is 0 Å². The van der Waals surface area contributed by atoms with Crippen molar-refractivity contribution in [3.63, 3.8) is 0 Å². The molecule has 2 aliphatic rings. The van der Waals surface area contributed by atoms with Crippen molar-refractivity contribution in [2.75, 3.05) is 37.7 Å². The Bertz CT molecular complexity index is 300. The Balaban J connectivity index is 1.62. The molecule has 2 N–H and O–H groups in total. The minimum Gasteiger partial charge on any atom is -0.354 e. The zero-order valence-corrected chi connectivity index (χ0v) is 11.4. The van der Waals surface area contributed by atoms with E-state index < -0.39 is 0 Å². The molecule has 0 aromatic carbocycles. The first kappa shape index (κ1) is 13.7. The van der Waals surface area contributed by atoms with Crippen molar-refractivity contribution in [2.24, 2.45) is 0 Å². The number of thioether (sulfide) groups is 1. The van der Waals surface area contributed by atoms with Crippen LogP contribution < -0.4 is 10.6 Å². The second-order valence-corrected chi connectivity index (χ2v) is 5.86. The molecule has 102 valence electrons. The number of carbonyl (C=O) groups excluding carboxylic acids is 2. The zero-order chi connectivity index (χ0) is 12.8. The fourth-order valence-corrected chi connectivity index (χ4v) is 3.21. The predicted molar refractivity (Wildman–Crippen MR) is 72.6 cm³/mol. The summed E-state index contributed by atoms with van der Waals surface area (Å²) in [4.78, 5) is 25.4. The second-order valence-electron chi connectivity index (χ2n) is 4.71. The quantitative estimate of drug-likeness (QED) is 0.745. The van der Waals surface area contributed by atoms with Crippen LogP contribution in [-0.4, -0.2) is 60.4 Å². The molecule has 5 nitrogen and oxygen atoms in total. The topological polar surface area (TPSA) is 61.4 Å². The predicted octanol–water partition coefficient (Wildman–Crippen LogP) is -0.180. The van der Waals surface area contributed by atoms with Crippen molar-refractivity contribution < 1.29 is 9.59 Å². The number of hydrogen-bond donors (Lipinski definition) is 2. The minimum atomic E-state index is -0.0920. The Labute approximate surface area is 112 Å². The lowest BCUT2D eigenvalue weighted by atomic mass is 10.3. The van der Waals surface area contributed by atoms with E-state index in [0.29, 0.717) is 13.0 Å². The normalized spacial score (nSPS) is 24.0. The van der Waals surface area contributed by atoms with Gasteiger partial charge in [0.15, 0.2) is 0 Å². The molecule has 1 unspecified atom stereocenters. The van der Waals surface area contributed by atoms with Crippen molar-refractivity contribution in [2.45, 2.75) is 25.3 Å². The Hall–Kier alpha value is -0.750. The SMILES string of the molecule is O=C(NCCC(=O)N1CCCC1)C1CSCCN1. The number of likely N-dealkylation sites (tertiary alicyclic amines) is 1. The maximum atomic E-state index is 11.8. The number of amides is 2. The van der Waals surface area contributed by atoms with Gasteiger partial charge in [-0.15, -0.1) is 0 Å². The largest absolute Gasteiger partial charge is 0.354 e. The Morgan fingerprint density at radius 1 is 1.33 bits per heavy atom. The molecule has 0 bridgehead atoms. The summed E-state index contributed by atoms with van der Waals surface area (Å²) in [5, 5.41) is 6.03. The van der Waals surface area contributed by atoms with Gasteiger partial charge in [0.2, 0.25) is 11.8 Å². The Morgan fingerprint density at radius 2 is 2.11 bits per heavy atom. The minimum absolute atomic E-state index is 0.0245. The molecule has 0 aromatic heterocycles. The van der Waals surface area contributed by atoms with Crippen molar-refractivity contribution in [1.29, 1.82) is 0 Å². The molecule has 0 radical (unpaired) electrons. The van der Waals surface area contributed by atoms with Crippen molar-refractivity contribution >= 4 is 23.6 Å². The van der Waals surface area contributed by atoms with Gasteiger partial charge < -0.3 is 15.5 Å². The molecule has 2 rings (SSSR count). The third-order valence-corrected chi connectivity index (χ3v) is 4.40. The number of nitrogens with one attached hydrogen (secondary N) is 2. The summed E-state index contributed by atoms with van der Waals surface area (Å²) in [6.45, 7) is 3.10. The third kappa shape index (κ3) is 3.88. The Kier molecular flexibility index (Phi) is 5.31. The van der Waals surface area contributed by atoms with E-state index in [4.69, 9.17) is 0 Å². The van der Waals surface area contributed by atoms with Crippen LogP contribution in [-0.2, 0) is 9.59 Å². The van der Waals surface area contributed by atoms with E-state index in [-0.39, 0.29) is 17.9 Å². The highest BCUT2D eigenvalue weighted by atomic mass is 32.2. The van der Waals surface area contributed by atoms with E-state index in [2.05, 4.69) is 10.6 Å². The van der Waals surface area contributed by atoms with E-state index in [9.17, 15) is 9.59 Å². The maximum Gasteiger partial charge on any atom is 0.238 e. The van der Waals surface area contributed by atoms with Crippen LogP contribution in [0.2, 0.25) is 0 Å². The molecule has 2 aliphatic heterocycles. The smallest absolute Gasteiger partial charge is 0.238 e. The van der Waals surface area contributed by atoms with Gasteiger partial charge in [0.1, 0.15) is 0 Å². The summed E-state index contributed by atoms with van der Waals surface area (Å²) in [6.07, 6.45) is 2.65. The van der Waals surface area contributed by atoms with Gasteiger partial charge >= 0.3 is 0 Å². The van der Waals surface area contributed by atoms with Gasteiger partial charge in [-0.3, -0.25) is 9.59 Å². The van der Waals surface area contributed by atoms with E-state index in [1.807, 2.05) is 4.90 Å². The highest BCUT2D eigenvalue weighted by molar-refractivity contribution is 7.99.